The van der Waals surface area contributed by atoms with Crippen molar-refractivity contribution in [1.29, 1.82) is 5.26 Å². The first kappa shape index (κ1) is 14.0. The van der Waals surface area contributed by atoms with Crippen LogP contribution >= 0.6 is 0 Å². The first-order valence-electron chi connectivity index (χ1n) is 5.93. The number of allylic oxidation sites excluding steroid dienone is 2. The van der Waals surface area contributed by atoms with E-state index in [1.54, 1.807) is 7.11 Å². The van der Waals surface area contributed by atoms with Gasteiger partial charge in [0.1, 0.15) is 5.76 Å². The summed E-state index contributed by atoms with van der Waals surface area (Å²) in [5.74, 6) is 0.781. The van der Waals surface area contributed by atoms with Crippen LogP contribution in [0.3, 0.4) is 0 Å². The topological polar surface area (TPSA) is 45.4 Å². The van der Waals surface area contributed by atoms with E-state index in [4.69, 9.17) is 10.00 Å². The van der Waals surface area contributed by atoms with Crippen LogP contribution < -0.4 is 0 Å². The van der Waals surface area contributed by atoms with Crippen molar-refractivity contribution in [1.82, 2.24) is 0 Å². The second-order valence-corrected chi connectivity index (χ2v) is 3.88. The Labute approximate surface area is 108 Å². The Hall–Kier alpha value is -2.08. The number of nitrogens with zero attached hydrogens (tertiary/aromatic N) is 2. The number of aryl methyl sites for hydroxylation is 1. The molecule has 0 aliphatic rings. The smallest absolute Gasteiger partial charge is 0.135 e. The van der Waals surface area contributed by atoms with Gasteiger partial charge in [0.05, 0.1) is 24.6 Å². The number of rotatable bonds is 5. The van der Waals surface area contributed by atoms with Crippen LogP contribution in [-0.4, -0.2) is 12.8 Å². The Kier molecular flexibility index (Phi) is 5.66. The summed E-state index contributed by atoms with van der Waals surface area (Å²) >= 11 is 0. The molecule has 0 unspecified atom stereocenters. The Morgan fingerprint density at radius 3 is 2.56 bits per heavy atom. The maximum atomic E-state index is 8.52. The maximum absolute atomic E-state index is 8.52. The van der Waals surface area contributed by atoms with Crippen molar-refractivity contribution in [3.8, 4) is 6.07 Å². The monoisotopic (exact) mass is 242 g/mol. The lowest BCUT2D eigenvalue weighted by atomic mass is 10.1. The average Bonchev–Trinajstić information content (AvgIpc) is 2.39. The Bertz CT molecular complexity index is 478. The van der Waals surface area contributed by atoms with Gasteiger partial charge in [-0.15, -0.1) is 0 Å². The van der Waals surface area contributed by atoms with Crippen LogP contribution in [0.1, 0.15) is 25.8 Å². The number of nitriles is 1. The normalized spacial score (nSPS) is 12.1. The molecule has 0 N–H and O–H groups in total. The Balaban J connectivity index is 2.80. The largest absolute Gasteiger partial charge is 0.495 e. The van der Waals surface area contributed by atoms with E-state index in [9.17, 15) is 0 Å². The van der Waals surface area contributed by atoms with E-state index in [1.165, 1.54) is 0 Å². The van der Waals surface area contributed by atoms with Crippen LogP contribution in [0.5, 0.6) is 0 Å². The molecule has 1 aromatic carbocycles. The van der Waals surface area contributed by atoms with Crippen LogP contribution in [-0.2, 0) is 11.2 Å². The van der Waals surface area contributed by atoms with Gasteiger partial charge in [-0.3, -0.25) is 0 Å². The quantitative estimate of drug-likeness (QED) is 0.582. The molecular formula is C15H18N2O. The minimum atomic E-state index is 0.550. The zero-order chi connectivity index (χ0) is 13.4. The highest BCUT2D eigenvalue weighted by atomic mass is 16.5. The molecule has 0 radical (unpaired) electrons. The van der Waals surface area contributed by atoms with Gasteiger partial charge in [-0.2, -0.15) is 5.26 Å². The van der Waals surface area contributed by atoms with Crippen molar-refractivity contribution in [2.75, 3.05) is 7.11 Å². The van der Waals surface area contributed by atoms with Crippen molar-refractivity contribution >= 4 is 11.4 Å². The van der Waals surface area contributed by atoms with Crippen molar-refractivity contribution in [3.05, 3.63) is 41.7 Å². The summed E-state index contributed by atoms with van der Waals surface area (Å²) in [6, 6.07) is 10.1. The molecule has 18 heavy (non-hydrogen) atoms. The fourth-order valence-electron chi connectivity index (χ4n) is 1.66. The minimum absolute atomic E-state index is 0.550. The predicted octanol–water partition coefficient (Wildman–Crippen LogP) is 3.79. The second-order valence-electron chi connectivity index (χ2n) is 3.88. The molecule has 3 heteroatoms. The summed E-state index contributed by atoms with van der Waals surface area (Å²) in [5.41, 5.74) is 2.90. The maximum Gasteiger partial charge on any atom is 0.135 e. The van der Waals surface area contributed by atoms with E-state index < -0.39 is 0 Å². The predicted molar refractivity (Wildman–Crippen MR) is 73.9 cm³/mol. The van der Waals surface area contributed by atoms with Crippen molar-refractivity contribution in [3.63, 3.8) is 0 Å². The standard InChI is InChI=1S/C15H18N2O/c1-4-15(18-3)12(2)17-14-9-7-13(8-10-14)6-5-11-16/h4,7-10H,5-6H2,1-3H3/b15-4+,17-12?. The second kappa shape index (κ2) is 7.29. The van der Waals surface area contributed by atoms with Gasteiger partial charge < -0.3 is 4.74 Å². The van der Waals surface area contributed by atoms with Gasteiger partial charge in [0, 0.05) is 6.42 Å². The lowest BCUT2D eigenvalue weighted by Gasteiger charge is -2.05. The molecule has 0 aliphatic heterocycles. The zero-order valence-corrected chi connectivity index (χ0v) is 11.1. The van der Waals surface area contributed by atoms with Gasteiger partial charge >= 0.3 is 0 Å². The third-order valence-corrected chi connectivity index (χ3v) is 2.60. The number of methoxy groups -OCH3 is 1. The van der Waals surface area contributed by atoms with Gasteiger partial charge in [0.2, 0.25) is 0 Å². The van der Waals surface area contributed by atoms with Crippen LogP contribution in [0.15, 0.2) is 41.1 Å². The molecule has 0 aliphatic carbocycles. The molecule has 0 saturated heterocycles. The molecule has 1 aromatic rings. The molecule has 0 atom stereocenters. The molecule has 94 valence electrons. The third-order valence-electron chi connectivity index (χ3n) is 2.60. The molecule has 0 fully saturated rings. The molecule has 0 aromatic heterocycles. The van der Waals surface area contributed by atoms with Crippen molar-refractivity contribution < 1.29 is 4.74 Å². The van der Waals surface area contributed by atoms with Crippen LogP contribution in [0.25, 0.3) is 0 Å². The van der Waals surface area contributed by atoms with Crippen LogP contribution in [0.4, 0.5) is 5.69 Å². The van der Waals surface area contributed by atoms with E-state index in [0.29, 0.717) is 6.42 Å². The van der Waals surface area contributed by atoms with Gasteiger partial charge in [0.25, 0.3) is 0 Å². The van der Waals surface area contributed by atoms with Crippen LogP contribution in [0.2, 0.25) is 0 Å². The van der Waals surface area contributed by atoms with E-state index in [1.807, 2.05) is 44.2 Å². The minimum Gasteiger partial charge on any atom is -0.495 e. The zero-order valence-electron chi connectivity index (χ0n) is 11.1. The van der Waals surface area contributed by atoms with Gasteiger partial charge in [-0.05, 0) is 44.0 Å². The lowest BCUT2D eigenvalue weighted by Crippen LogP contribution is -1.98. The summed E-state index contributed by atoms with van der Waals surface area (Å²) in [4.78, 5) is 4.48. The number of hydrogen-bond acceptors (Lipinski definition) is 3. The summed E-state index contributed by atoms with van der Waals surface area (Å²) in [6.07, 6.45) is 3.23. The third kappa shape index (κ3) is 4.06. The highest BCUT2D eigenvalue weighted by Gasteiger charge is 2.00. The summed E-state index contributed by atoms with van der Waals surface area (Å²) in [5, 5.41) is 8.52. The SMILES string of the molecule is C/C=C(/OC)C(C)=Nc1ccc(CCC#N)cc1. The summed E-state index contributed by atoms with van der Waals surface area (Å²) in [7, 11) is 1.64. The van der Waals surface area contributed by atoms with Crippen molar-refractivity contribution in [2.45, 2.75) is 26.7 Å². The molecule has 0 spiro atoms. The summed E-state index contributed by atoms with van der Waals surface area (Å²) < 4.78 is 5.20. The number of aliphatic imine (C=N–C) groups is 1. The van der Waals surface area contributed by atoms with Crippen LogP contribution in [0, 0.1) is 11.3 Å². The molecule has 3 nitrogen and oxygen atoms in total. The fraction of sp³-hybridized carbons (Fsp3) is 0.333. The highest BCUT2D eigenvalue weighted by molar-refractivity contribution is 5.97. The molecule has 0 saturated carbocycles. The first-order valence-corrected chi connectivity index (χ1v) is 5.93. The molecule has 0 amide bonds. The molecule has 0 heterocycles. The molecule has 0 bridgehead atoms. The number of ether oxygens (including phenoxy) is 1. The number of hydrogen-bond donors (Lipinski definition) is 0. The number of benzene rings is 1. The van der Waals surface area contributed by atoms with E-state index in [0.717, 1.165) is 29.1 Å². The van der Waals surface area contributed by atoms with Gasteiger partial charge in [-0.25, -0.2) is 4.99 Å². The van der Waals surface area contributed by atoms with E-state index in [2.05, 4.69) is 11.1 Å². The van der Waals surface area contributed by atoms with Gasteiger partial charge in [-0.1, -0.05) is 12.1 Å². The fourth-order valence-corrected chi connectivity index (χ4v) is 1.66. The molecule has 1 rings (SSSR count). The Morgan fingerprint density at radius 1 is 1.39 bits per heavy atom. The van der Waals surface area contributed by atoms with Crippen molar-refractivity contribution in [2.24, 2.45) is 4.99 Å². The van der Waals surface area contributed by atoms with E-state index in [-0.39, 0.29) is 0 Å². The highest BCUT2D eigenvalue weighted by Crippen LogP contribution is 2.16. The summed E-state index contributed by atoms with van der Waals surface area (Å²) in [6.45, 7) is 3.84. The van der Waals surface area contributed by atoms with Gasteiger partial charge in [0.15, 0.2) is 0 Å². The average molecular weight is 242 g/mol. The van der Waals surface area contributed by atoms with E-state index >= 15 is 0 Å². The first-order chi connectivity index (χ1) is 8.71. The lowest BCUT2D eigenvalue weighted by molar-refractivity contribution is 0.314. The molecular weight excluding hydrogens is 224 g/mol. The Morgan fingerprint density at radius 2 is 2.06 bits per heavy atom.